The van der Waals surface area contributed by atoms with E-state index in [9.17, 15) is 46.1 Å². The molecule has 216 valence electrons. The van der Waals surface area contributed by atoms with E-state index in [1.807, 2.05) is 6.92 Å². The molecular formula is C25H29F6N3O4S. The Morgan fingerprint density at radius 3 is 2.23 bits per heavy atom. The zero-order valence-electron chi connectivity index (χ0n) is 21.6. The van der Waals surface area contributed by atoms with E-state index in [4.69, 9.17) is 0 Å². The Labute approximate surface area is 224 Å². The molecule has 3 N–H and O–H groups in total. The van der Waals surface area contributed by atoms with Gasteiger partial charge in [0, 0.05) is 24.7 Å². The monoisotopic (exact) mass is 581 g/mol. The number of aliphatic hydroxyl groups is 2. The maximum atomic E-state index is 13.5. The van der Waals surface area contributed by atoms with Crippen molar-refractivity contribution in [2.45, 2.75) is 76.6 Å². The Morgan fingerprint density at radius 1 is 1.10 bits per heavy atom. The summed E-state index contributed by atoms with van der Waals surface area (Å²) in [6.45, 7) is 6.27. The largest absolute Gasteiger partial charge is 0.430 e. The average molecular weight is 582 g/mol. The summed E-state index contributed by atoms with van der Waals surface area (Å²) in [7, 11) is 0. The number of rotatable bonds is 6. The highest BCUT2D eigenvalue weighted by molar-refractivity contribution is 7.17. The molecule has 1 atom stereocenters. The van der Waals surface area contributed by atoms with Crippen molar-refractivity contribution >= 4 is 23.2 Å². The molecule has 0 bridgehead atoms. The number of carbonyl (C=O) groups excluding carboxylic acids is 2. The van der Waals surface area contributed by atoms with Crippen molar-refractivity contribution < 1.29 is 46.1 Å². The number of alkyl halides is 6. The van der Waals surface area contributed by atoms with Crippen LogP contribution in [0.2, 0.25) is 0 Å². The molecule has 1 aromatic heterocycles. The van der Waals surface area contributed by atoms with Gasteiger partial charge in [-0.15, -0.1) is 11.3 Å². The van der Waals surface area contributed by atoms with E-state index in [-0.39, 0.29) is 39.3 Å². The van der Waals surface area contributed by atoms with Gasteiger partial charge in [-0.05, 0) is 58.1 Å². The molecule has 0 saturated carbocycles. The molecule has 1 aromatic carbocycles. The van der Waals surface area contributed by atoms with Crippen molar-refractivity contribution in [3.05, 3.63) is 40.0 Å². The highest BCUT2D eigenvalue weighted by Gasteiger charge is 2.71. The van der Waals surface area contributed by atoms with Gasteiger partial charge in [0.2, 0.25) is 0 Å². The van der Waals surface area contributed by atoms with Crippen LogP contribution in [-0.2, 0) is 5.60 Å². The van der Waals surface area contributed by atoms with Gasteiger partial charge >= 0.3 is 12.4 Å². The van der Waals surface area contributed by atoms with Gasteiger partial charge in [0.1, 0.15) is 5.69 Å². The first-order chi connectivity index (χ1) is 17.8. The van der Waals surface area contributed by atoms with Gasteiger partial charge in [0.05, 0.1) is 10.5 Å². The lowest BCUT2D eigenvalue weighted by atomic mass is 9.89. The molecule has 1 unspecified atom stereocenters. The first-order valence-electron chi connectivity index (χ1n) is 12.1. The van der Waals surface area contributed by atoms with Gasteiger partial charge in [-0.25, -0.2) is 4.98 Å². The number of hydrogen-bond donors (Lipinski definition) is 3. The summed E-state index contributed by atoms with van der Waals surface area (Å²) in [6, 6.07) is 1.84. The molecule has 1 aliphatic rings. The molecule has 0 aliphatic carbocycles. The smallest absolute Gasteiger partial charge is 0.389 e. The average Bonchev–Trinajstić information content (AvgIpc) is 3.25. The molecule has 7 nitrogen and oxygen atoms in total. The molecular weight excluding hydrogens is 552 g/mol. The number of nitrogens with zero attached hydrogens (tertiary/aromatic N) is 2. The zero-order chi connectivity index (χ0) is 29.6. The molecule has 2 aromatic rings. The number of aromatic nitrogens is 1. The predicted molar refractivity (Wildman–Crippen MR) is 131 cm³/mol. The van der Waals surface area contributed by atoms with Crippen LogP contribution in [0.25, 0.3) is 10.4 Å². The van der Waals surface area contributed by atoms with E-state index >= 15 is 0 Å². The van der Waals surface area contributed by atoms with Crippen LogP contribution in [0.5, 0.6) is 0 Å². The van der Waals surface area contributed by atoms with Crippen LogP contribution in [0, 0.1) is 6.92 Å². The first kappa shape index (κ1) is 30.8. The maximum absolute atomic E-state index is 13.5. The van der Waals surface area contributed by atoms with Gasteiger partial charge in [-0.3, -0.25) is 9.59 Å². The molecule has 1 aliphatic heterocycles. The van der Waals surface area contributed by atoms with E-state index in [1.165, 1.54) is 20.8 Å². The Bertz CT molecular complexity index is 1220. The topological polar surface area (TPSA) is 103 Å². The quantitative estimate of drug-likeness (QED) is 0.420. The summed E-state index contributed by atoms with van der Waals surface area (Å²) < 4.78 is 80.5. The van der Waals surface area contributed by atoms with E-state index in [0.717, 1.165) is 36.7 Å². The Hall–Kier alpha value is -2.71. The highest BCUT2D eigenvalue weighted by Crippen LogP contribution is 2.50. The minimum Gasteiger partial charge on any atom is -0.389 e. The number of thiazole rings is 1. The number of amides is 2. The number of carbonyl (C=O) groups is 2. The molecule has 39 heavy (non-hydrogen) atoms. The molecule has 1 saturated heterocycles. The molecule has 3 rings (SSSR count). The van der Waals surface area contributed by atoms with Crippen molar-refractivity contribution in [1.82, 2.24) is 15.2 Å². The van der Waals surface area contributed by atoms with Crippen LogP contribution < -0.4 is 5.32 Å². The van der Waals surface area contributed by atoms with Crippen LogP contribution in [0.4, 0.5) is 26.3 Å². The van der Waals surface area contributed by atoms with Gasteiger partial charge in [0.25, 0.3) is 17.4 Å². The number of benzene rings is 1. The summed E-state index contributed by atoms with van der Waals surface area (Å²) in [4.78, 5) is 32.1. The second-order valence-corrected chi connectivity index (χ2v) is 11.3. The fourth-order valence-electron chi connectivity index (χ4n) is 4.28. The van der Waals surface area contributed by atoms with Gasteiger partial charge in [-0.2, -0.15) is 26.3 Å². The minimum absolute atomic E-state index is 0.0810. The van der Waals surface area contributed by atoms with E-state index in [0.29, 0.717) is 18.7 Å². The summed E-state index contributed by atoms with van der Waals surface area (Å²) in [5.74, 6) is -1.24. The zero-order valence-corrected chi connectivity index (χ0v) is 22.4. The number of likely N-dealkylation sites (tertiary alicyclic amines) is 1. The fourth-order valence-corrected chi connectivity index (χ4v) is 5.35. The third-order valence-corrected chi connectivity index (χ3v) is 7.57. The Morgan fingerprint density at radius 2 is 1.72 bits per heavy atom. The standard InChI is InChI=1S/C25H29F6N3O4S/c1-13-11-15(23(38,24(26,27)28)25(29,30)31)8-9-16(13)18-17(21(36)34-10-6-5-7-14(34)2)33-20(39-18)19(35)32-12-22(3,4)37/h8-9,11,14,37-38H,5-7,10,12H2,1-4H3,(H,32,35). The SMILES string of the molecule is Cc1cc(C(O)(C(F)(F)F)C(F)(F)F)ccc1-c1sc(C(=O)NCC(C)(C)O)nc1C(=O)N1CCCCC1C. The summed E-state index contributed by atoms with van der Waals surface area (Å²) >= 11 is 0.744. The molecule has 14 heteroatoms. The Kier molecular flexibility index (Phi) is 8.45. The van der Waals surface area contributed by atoms with Crippen LogP contribution in [0.15, 0.2) is 18.2 Å². The van der Waals surface area contributed by atoms with Crippen molar-refractivity contribution in [3.8, 4) is 10.4 Å². The summed E-state index contributed by atoms with van der Waals surface area (Å²) in [5.41, 5.74) is -7.99. The van der Waals surface area contributed by atoms with Crippen molar-refractivity contribution in [1.29, 1.82) is 0 Å². The lowest BCUT2D eigenvalue weighted by Crippen LogP contribution is -2.53. The van der Waals surface area contributed by atoms with Crippen LogP contribution in [0.1, 0.15) is 71.5 Å². The number of aryl methyl sites for hydroxylation is 1. The van der Waals surface area contributed by atoms with Gasteiger partial charge < -0.3 is 20.4 Å². The van der Waals surface area contributed by atoms with Crippen LogP contribution in [-0.4, -0.2) is 69.0 Å². The lowest BCUT2D eigenvalue weighted by Gasteiger charge is -2.33. The van der Waals surface area contributed by atoms with Gasteiger partial charge in [0.15, 0.2) is 5.01 Å². The third-order valence-electron chi connectivity index (χ3n) is 6.48. The normalized spacial score (nSPS) is 17.3. The summed E-state index contributed by atoms with van der Waals surface area (Å²) in [5, 5.41) is 22.0. The number of halogens is 6. The number of hydrogen-bond acceptors (Lipinski definition) is 6. The summed E-state index contributed by atoms with van der Waals surface area (Å²) in [6.07, 6.45) is -9.75. The second-order valence-electron chi connectivity index (χ2n) is 10.3. The van der Waals surface area contributed by atoms with Gasteiger partial charge in [-0.1, -0.05) is 18.2 Å². The molecule has 2 heterocycles. The first-order valence-corrected chi connectivity index (χ1v) is 12.9. The third kappa shape index (κ3) is 6.22. The maximum Gasteiger partial charge on any atom is 0.430 e. The van der Waals surface area contributed by atoms with E-state index in [2.05, 4.69) is 10.3 Å². The van der Waals surface area contributed by atoms with Crippen molar-refractivity contribution in [2.75, 3.05) is 13.1 Å². The fraction of sp³-hybridized carbons (Fsp3) is 0.560. The van der Waals surface area contributed by atoms with E-state index in [1.54, 1.807) is 4.90 Å². The molecule has 0 radical (unpaired) electrons. The predicted octanol–water partition coefficient (Wildman–Crippen LogP) is 4.95. The van der Waals surface area contributed by atoms with Crippen LogP contribution >= 0.6 is 11.3 Å². The molecule has 1 fully saturated rings. The second kappa shape index (κ2) is 10.7. The molecule has 0 spiro atoms. The lowest BCUT2D eigenvalue weighted by molar-refractivity contribution is -0.376. The van der Waals surface area contributed by atoms with Crippen molar-refractivity contribution in [2.24, 2.45) is 0 Å². The van der Waals surface area contributed by atoms with E-state index < -0.39 is 40.9 Å². The highest BCUT2D eigenvalue weighted by atomic mass is 32.1. The number of nitrogens with one attached hydrogen (secondary N) is 1. The molecule has 2 amide bonds. The number of piperidine rings is 1. The van der Waals surface area contributed by atoms with Crippen molar-refractivity contribution in [3.63, 3.8) is 0 Å². The minimum atomic E-state index is -6.05. The van der Waals surface area contributed by atoms with Crippen LogP contribution in [0.3, 0.4) is 0 Å². The Balaban J connectivity index is 2.13.